The van der Waals surface area contributed by atoms with Crippen molar-refractivity contribution < 1.29 is 14.0 Å². The van der Waals surface area contributed by atoms with Gasteiger partial charge < -0.3 is 15.5 Å². The van der Waals surface area contributed by atoms with Crippen molar-refractivity contribution in [2.45, 2.75) is 13.0 Å². The van der Waals surface area contributed by atoms with E-state index in [9.17, 15) is 14.0 Å². The third-order valence-electron chi connectivity index (χ3n) is 4.91. The monoisotopic (exact) mass is 452 g/mol. The summed E-state index contributed by atoms with van der Waals surface area (Å²) in [5.74, 6) is -1.14. The molecule has 0 aliphatic heterocycles. The predicted molar refractivity (Wildman–Crippen MR) is 130 cm³/mol. The molecule has 0 aliphatic rings. The Morgan fingerprint density at radius 1 is 0.938 bits per heavy atom. The van der Waals surface area contributed by atoms with Crippen molar-refractivity contribution in [3.63, 3.8) is 0 Å². The van der Waals surface area contributed by atoms with Gasteiger partial charge in [-0.15, -0.1) is 0 Å². The number of hydrogen-bond donors (Lipinski definition) is 3. The Hall–Kier alpha value is -3.52. The van der Waals surface area contributed by atoms with Gasteiger partial charge >= 0.3 is 6.03 Å². The minimum Gasteiger partial charge on any atom is -0.378 e. The lowest BCUT2D eigenvalue weighted by Crippen LogP contribution is -2.35. The van der Waals surface area contributed by atoms with Crippen LogP contribution in [0.5, 0.6) is 0 Å². The zero-order valence-corrected chi connectivity index (χ0v) is 18.9. The molecule has 3 aromatic carbocycles. The lowest BCUT2D eigenvalue weighted by Gasteiger charge is -2.22. The number of carbonyl (C=O) groups is 2. The topological polar surface area (TPSA) is 64.7 Å². The van der Waals surface area contributed by atoms with E-state index in [1.54, 1.807) is 30.3 Å². The summed E-state index contributed by atoms with van der Waals surface area (Å²) in [6.45, 7) is 1.90. The second-order valence-electron chi connectivity index (χ2n) is 7.45. The van der Waals surface area contributed by atoms with Crippen molar-refractivity contribution in [3.8, 4) is 0 Å². The van der Waals surface area contributed by atoms with E-state index < -0.39 is 11.7 Å². The molecule has 2 N–H and O–H groups in total. The SMILES string of the molecule is CC(NC(=O)N(S)c1ccc(NC(=O)c2ccccc2F)cc1)c1cccc(N(C)C)c1. The Morgan fingerprint density at radius 3 is 2.28 bits per heavy atom. The van der Waals surface area contributed by atoms with Crippen molar-refractivity contribution in [2.75, 3.05) is 28.6 Å². The zero-order valence-electron chi connectivity index (χ0n) is 18.0. The van der Waals surface area contributed by atoms with Gasteiger partial charge in [-0.25, -0.2) is 13.5 Å². The maximum atomic E-state index is 13.8. The summed E-state index contributed by atoms with van der Waals surface area (Å²) in [4.78, 5) is 26.9. The van der Waals surface area contributed by atoms with Crippen LogP contribution in [0, 0.1) is 5.82 Å². The Balaban J connectivity index is 1.63. The van der Waals surface area contributed by atoms with Crippen LogP contribution in [0.2, 0.25) is 0 Å². The average molecular weight is 453 g/mol. The Morgan fingerprint density at radius 2 is 1.62 bits per heavy atom. The molecule has 0 spiro atoms. The Bertz CT molecular complexity index is 1110. The summed E-state index contributed by atoms with van der Waals surface area (Å²) in [6, 6.07) is 19.6. The molecule has 8 heteroatoms. The van der Waals surface area contributed by atoms with Crippen LogP contribution in [0.15, 0.2) is 72.8 Å². The van der Waals surface area contributed by atoms with Gasteiger partial charge in [0.15, 0.2) is 0 Å². The van der Waals surface area contributed by atoms with Gasteiger partial charge in [-0.05, 0) is 61.0 Å². The zero-order chi connectivity index (χ0) is 23.3. The molecule has 0 radical (unpaired) electrons. The highest BCUT2D eigenvalue weighted by atomic mass is 32.1. The van der Waals surface area contributed by atoms with Crippen LogP contribution in [0.4, 0.5) is 26.2 Å². The van der Waals surface area contributed by atoms with Gasteiger partial charge in [-0.2, -0.15) is 0 Å². The van der Waals surface area contributed by atoms with Gasteiger partial charge in [-0.1, -0.05) is 37.1 Å². The molecule has 1 unspecified atom stereocenters. The molecule has 3 rings (SSSR count). The number of hydrogen-bond acceptors (Lipinski definition) is 4. The fourth-order valence-electron chi connectivity index (χ4n) is 3.05. The molecule has 1 atom stereocenters. The van der Waals surface area contributed by atoms with Crippen LogP contribution in [0.3, 0.4) is 0 Å². The van der Waals surface area contributed by atoms with Crippen LogP contribution in [0.1, 0.15) is 28.9 Å². The molecule has 0 aliphatic carbocycles. The van der Waals surface area contributed by atoms with E-state index in [2.05, 4.69) is 23.4 Å². The van der Waals surface area contributed by atoms with Crippen LogP contribution in [0.25, 0.3) is 0 Å². The van der Waals surface area contributed by atoms with Crippen LogP contribution < -0.4 is 19.8 Å². The largest absolute Gasteiger partial charge is 0.378 e. The van der Waals surface area contributed by atoms with E-state index in [0.29, 0.717) is 11.4 Å². The molecule has 3 aromatic rings. The molecule has 166 valence electrons. The van der Waals surface area contributed by atoms with Gasteiger partial charge in [0.05, 0.1) is 17.3 Å². The summed E-state index contributed by atoms with van der Waals surface area (Å²) >= 11 is 4.31. The van der Waals surface area contributed by atoms with Crippen LogP contribution >= 0.6 is 12.8 Å². The summed E-state index contributed by atoms with van der Waals surface area (Å²) < 4.78 is 15.0. The first kappa shape index (κ1) is 23.1. The van der Waals surface area contributed by atoms with E-state index in [0.717, 1.165) is 11.3 Å². The van der Waals surface area contributed by atoms with E-state index in [-0.39, 0.29) is 17.6 Å². The normalized spacial score (nSPS) is 11.4. The average Bonchev–Trinajstić information content (AvgIpc) is 2.79. The highest BCUT2D eigenvalue weighted by Gasteiger charge is 2.17. The highest BCUT2D eigenvalue weighted by molar-refractivity contribution is 7.82. The van der Waals surface area contributed by atoms with Gasteiger partial charge in [0.1, 0.15) is 5.82 Å². The minimum atomic E-state index is -0.593. The first-order valence-electron chi connectivity index (χ1n) is 9.99. The smallest absolute Gasteiger partial charge is 0.332 e. The second-order valence-corrected chi connectivity index (χ2v) is 7.85. The molecule has 32 heavy (non-hydrogen) atoms. The second kappa shape index (κ2) is 10.2. The molecule has 0 bridgehead atoms. The molecule has 0 fully saturated rings. The quantitative estimate of drug-likeness (QED) is 0.447. The molecule has 0 heterocycles. The van der Waals surface area contributed by atoms with Gasteiger partial charge in [0, 0.05) is 25.5 Å². The van der Waals surface area contributed by atoms with E-state index in [1.807, 2.05) is 50.2 Å². The number of anilines is 3. The molecule has 3 amide bonds. The Kier molecular flexibility index (Phi) is 7.37. The van der Waals surface area contributed by atoms with Crippen molar-refractivity contribution in [1.29, 1.82) is 0 Å². The highest BCUT2D eigenvalue weighted by Crippen LogP contribution is 2.23. The summed E-state index contributed by atoms with van der Waals surface area (Å²) in [7, 11) is 3.92. The lowest BCUT2D eigenvalue weighted by atomic mass is 10.1. The van der Waals surface area contributed by atoms with Crippen LogP contribution in [-0.2, 0) is 0 Å². The van der Waals surface area contributed by atoms with Crippen molar-refractivity contribution >= 4 is 41.8 Å². The minimum absolute atomic E-state index is 0.0425. The first-order valence-corrected chi connectivity index (χ1v) is 10.4. The molecule has 0 saturated carbocycles. The molecule has 6 nitrogen and oxygen atoms in total. The lowest BCUT2D eigenvalue weighted by molar-refractivity contribution is 0.102. The number of thiol groups is 1. The third-order valence-corrected chi connectivity index (χ3v) is 5.32. The summed E-state index contributed by atoms with van der Waals surface area (Å²) in [5, 5.41) is 5.55. The molecule has 0 aromatic heterocycles. The molecular formula is C24H25FN4O2S. The van der Waals surface area contributed by atoms with Gasteiger partial charge in [-0.3, -0.25) is 4.79 Å². The standard InChI is InChI=1S/C24H25FN4O2S/c1-16(17-7-6-8-20(15-17)28(2)3)26-24(31)29(32)19-13-11-18(12-14-19)27-23(30)21-9-4-5-10-22(21)25/h4-16,32H,1-3H3,(H,26,31)(H,27,30). The Labute approximate surface area is 192 Å². The van der Waals surface area contributed by atoms with E-state index in [4.69, 9.17) is 0 Å². The summed E-state index contributed by atoms with van der Waals surface area (Å²) in [6.07, 6.45) is 0. The molecule has 0 saturated heterocycles. The number of nitrogens with zero attached hydrogens (tertiary/aromatic N) is 2. The maximum Gasteiger partial charge on any atom is 0.332 e. The number of halogens is 1. The number of nitrogens with one attached hydrogen (secondary N) is 2. The molecular weight excluding hydrogens is 427 g/mol. The van der Waals surface area contributed by atoms with Gasteiger partial charge in [0.25, 0.3) is 5.91 Å². The van der Waals surface area contributed by atoms with Crippen molar-refractivity contribution in [1.82, 2.24) is 5.32 Å². The maximum absolute atomic E-state index is 13.8. The van der Waals surface area contributed by atoms with Crippen LogP contribution in [-0.4, -0.2) is 26.0 Å². The summed E-state index contributed by atoms with van der Waals surface area (Å²) in [5.41, 5.74) is 2.96. The fraction of sp³-hybridized carbons (Fsp3) is 0.167. The van der Waals surface area contributed by atoms with Crippen molar-refractivity contribution in [3.05, 3.63) is 89.7 Å². The number of carbonyl (C=O) groups excluding carboxylic acids is 2. The van der Waals surface area contributed by atoms with Gasteiger partial charge in [0.2, 0.25) is 0 Å². The van der Waals surface area contributed by atoms with Crippen molar-refractivity contribution in [2.24, 2.45) is 0 Å². The van der Waals surface area contributed by atoms with E-state index >= 15 is 0 Å². The van der Waals surface area contributed by atoms with E-state index in [1.165, 1.54) is 22.5 Å². The first-order chi connectivity index (χ1) is 15.3. The predicted octanol–water partition coefficient (Wildman–Crippen LogP) is 5.27. The third kappa shape index (κ3) is 5.59. The number of benzene rings is 3. The fourth-order valence-corrected chi connectivity index (χ4v) is 3.24. The number of amides is 3. The number of rotatable bonds is 6. The number of urea groups is 1.